The van der Waals surface area contributed by atoms with Crippen LogP contribution < -0.4 is 20.5 Å². The number of ether oxygens (including phenoxy) is 2. The fourth-order valence-corrected chi connectivity index (χ4v) is 3.07. The van der Waals surface area contributed by atoms with Gasteiger partial charge in [-0.3, -0.25) is 4.79 Å². The molecule has 0 saturated heterocycles. The number of benzene rings is 3. The third kappa shape index (κ3) is 4.92. The molecular formula is C24H20N4O3. The van der Waals surface area contributed by atoms with Gasteiger partial charge >= 0.3 is 5.97 Å². The number of nitrogens with two attached hydrogens (primary N) is 1. The van der Waals surface area contributed by atoms with Crippen molar-refractivity contribution in [3.63, 3.8) is 0 Å². The van der Waals surface area contributed by atoms with Gasteiger partial charge < -0.3 is 20.5 Å². The van der Waals surface area contributed by atoms with Gasteiger partial charge in [0.05, 0.1) is 34.6 Å². The molecule has 3 aromatic carbocycles. The van der Waals surface area contributed by atoms with Crippen molar-refractivity contribution >= 4 is 23.0 Å². The average molecular weight is 412 g/mol. The van der Waals surface area contributed by atoms with E-state index in [4.69, 9.17) is 25.7 Å². The number of aryl methyl sites for hydroxylation is 2. The van der Waals surface area contributed by atoms with Crippen molar-refractivity contribution in [2.75, 3.05) is 11.1 Å². The molecular weight excluding hydrogens is 392 g/mol. The second kappa shape index (κ2) is 8.89. The number of carbonyl (C=O) groups excluding carboxylic acids is 1. The number of anilines is 3. The maximum Gasteiger partial charge on any atom is 0.308 e. The van der Waals surface area contributed by atoms with Crippen LogP contribution in [0.3, 0.4) is 0 Å². The van der Waals surface area contributed by atoms with Gasteiger partial charge in [-0.25, -0.2) is 0 Å². The molecule has 0 saturated carbocycles. The van der Waals surface area contributed by atoms with Crippen molar-refractivity contribution in [3.05, 3.63) is 70.8 Å². The van der Waals surface area contributed by atoms with Crippen LogP contribution in [0.1, 0.15) is 29.2 Å². The number of nitriles is 2. The molecule has 0 aliphatic heterocycles. The normalized spacial score (nSPS) is 9.97. The van der Waals surface area contributed by atoms with Crippen molar-refractivity contribution in [3.8, 4) is 29.4 Å². The summed E-state index contributed by atoms with van der Waals surface area (Å²) in [6, 6.07) is 17.7. The van der Waals surface area contributed by atoms with E-state index in [-0.39, 0.29) is 11.5 Å². The second-order valence-electron chi connectivity index (χ2n) is 6.95. The number of nitrogens with one attached hydrogen (secondary N) is 1. The highest BCUT2D eigenvalue weighted by atomic mass is 16.6. The number of rotatable bonds is 5. The molecule has 0 aromatic heterocycles. The van der Waals surface area contributed by atoms with Gasteiger partial charge in [-0.15, -0.1) is 0 Å². The molecule has 7 nitrogen and oxygen atoms in total. The minimum atomic E-state index is -0.509. The molecule has 0 atom stereocenters. The minimum absolute atomic E-state index is 0.179. The van der Waals surface area contributed by atoms with Gasteiger partial charge in [-0.1, -0.05) is 0 Å². The fraction of sp³-hybridized carbons (Fsp3) is 0.125. The quantitative estimate of drug-likeness (QED) is 0.340. The van der Waals surface area contributed by atoms with Crippen LogP contribution in [0.15, 0.2) is 48.5 Å². The highest BCUT2D eigenvalue weighted by Crippen LogP contribution is 2.41. The summed E-state index contributed by atoms with van der Waals surface area (Å²) >= 11 is 0. The Bertz CT molecular complexity index is 1210. The highest BCUT2D eigenvalue weighted by Gasteiger charge is 2.16. The summed E-state index contributed by atoms with van der Waals surface area (Å²) in [6.07, 6.45) is 0. The van der Waals surface area contributed by atoms with Gasteiger partial charge in [0, 0.05) is 24.7 Å². The first kappa shape index (κ1) is 21.2. The van der Waals surface area contributed by atoms with Gasteiger partial charge in [0.2, 0.25) is 0 Å². The van der Waals surface area contributed by atoms with E-state index < -0.39 is 5.97 Å². The van der Waals surface area contributed by atoms with E-state index in [0.29, 0.717) is 28.3 Å². The van der Waals surface area contributed by atoms with Crippen LogP contribution in [-0.4, -0.2) is 5.97 Å². The zero-order chi connectivity index (χ0) is 22.5. The van der Waals surface area contributed by atoms with Gasteiger partial charge in [-0.05, 0) is 61.4 Å². The van der Waals surface area contributed by atoms with E-state index in [0.717, 1.165) is 16.8 Å². The lowest BCUT2D eigenvalue weighted by atomic mass is 10.1. The third-order valence-corrected chi connectivity index (χ3v) is 4.46. The van der Waals surface area contributed by atoms with Crippen molar-refractivity contribution < 1.29 is 14.3 Å². The highest BCUT2D eigenvalue weighted by molar-refractivity contribution is 5.79. The number of hydrogen-bond acceptors (Lipinski definition) is 7. The van der Waals surface area contributed by atoms with Gasteiger partial charge in [0.1, 0.15) is 5.75 Å². The monoisotopic (exact) mass is 412 g/mol. The van der Waals surface area contributed by atoms with Crippen molar-refractivity contribution in [2.24, 2.45) is 0 Å². The Labute approximate surface area is 180 Å². The molecule has 0 amide bonds. The van der Waals surface area contributed by atoms with Crippen molar-refractivity contribution in [2.45, 2.75) is 20.8 Å². The number of hydrogen-bond donors (Lipinski definition) is 2. The summed E-state index contributed by atoms with van der Waals surface area (Å²) < 4.78 is 11.4. The molecule has 0 bridgehead atoms. The van der Waals surface area contributed by atoms with Crippen LogP contribution in [0.2, 0.25) is 0 Å². The van der Waals surface area contributed by atoms with Crippen LogP contribution in [0.25, 0.3) is 0 Å². The maximum atomic E-state index is 11.6. The average Bonchev–Trinajstić information content (AvgIpc) is 2.73. The number of nitrogen functional groups attached to an aromatic ring is 1. The Morgan fingerprint density at radius 3 is 2.10 bits per heavy atom. The molecule has 0 fully saturated rings. The summed E-state index contributed by atoms with van der Waals surface area (Å²) in [5.41, 5.74) is 10.4. The predicted octanol–water partition coefficient (Wildman–Crippen LogP) is 5.09. The van der Waals surface area contributed by atoms with Crippen molar-refractivity contribution in [1.82, 2.24) is 0 Å². The smallest absolute Gasteiger partial charge is 0.308 e. The first-order chi connectivity index (χ1) is 14.8. The van der Waals surface area contributed by atoms with Crippen LogP contribution in [-0.2, 0) is 4.79 Å². The van der Waals surface area contributed by atoms with E-state index in [2.05, 4.69) is 17.5 Å². The van der Waals surface area contributed by atoms with Gasteiger partial charge in [0.25, 0.3) is 0 Å². The lowest BCUT2D eigenvalue weighted by molar-refractivity contribution is -0.131. The lowest BCUT2D eigenvalue weighted by Crippen LogP contribution is -2.05. The largest absolute Gasteiger partial charge is 0.453 e. The molecule has 0 heterocycles. The van der Waals surface area contributed by atoms with E-state index >= 15 is 0 Å². The zero-order valence-corrected chi connectivity index (χ0v) is 17.3. The van der Waals surface area contributed by atoms with E-state index in [1.165, 1.54) is 13.0 Å². The second-order valence-corrected chi connectivity index (χ2v) is 6.95. The molecule has 3 aromatic rings. The standard InChI is InChI=1S/C24H20N4O3/c1-14-8-18(13-26)9-15(2)24(14)31-23-11-21(20(27)10-22(23)30-16(3)29)28-19-6-4-17(12-25)5-7-19/h4-11,28H,27H2,1-3H3. The van der Waals surface area contributed by atoms with Gasteiger partial charge in [-0.2, -0.15) is 10.5 Å². The summed E-state index contributed by atoms with van der Waals surface area (Å²) in [4.78, 5) is 11.6. The Morgan fingerprint density at radius 1 is 0.935 bits per heavy atom. The molecule has 3 rings (SSSR count). The first-order valence-electron chi connectivity index (χ1n) is 9.39. The molecule has 0 aliphatic carbocycles. The minimum Gasteiger partial charge on any atom is -0.453 e. The van der Waals surface area contributed by atoms with Crippen LogP contribution >= 0.6 is 0 Å². The Morgan fingerprint density at radius 2 is 1.55 bits per heavy atom. The predicted molar refractivity (Wildman–Crippen MR) is 117 cm³/mol. The van der Waals surface area contributed by atoms with E-state index in [1.807, 2.05) is 13.8 Å². The SMILES string of the molecule is CC(=O)Oc1cc(N)c(Nc2ccc(C#N)cc2)cc1Oc1c(C)cc(C#N)cc1C. The van der Waals surface area contributed by atoms with E-state index in [1.54, 1.807) is 42.5 Å². The molecule has 3 N–H and O–H groups in total. The Hall–Kier alpha value is -4.49. The fourth-order valence-electron chi connectivity index (χ4n) is 3.07. The Balaban J connectivity index is 2.03. The van der Waals surface area contributed by atoms with Gasteiger partial charge in [0.15, 0.2) is 11.5 Å². The number of esters is 1. The number of carbonyl (C=O) groups is 1. The molecule has 0 spiro atoms. The number of nitrogens with zero attached hydrogens (tertiary/aromatic N) is 2. The Kier molecular flexibility index (Phi) is 6.09. The summed E-state index contributed by atoms with van der Waals surface area (Å²) in [7, 11) is 0. The molecule has 0 radical (unpaired) electrons. The molecule has 0 aliphatic rings. The van der Waals surface area contributed by atoms with Crippen LogP contribution in [0, 0.1) is 36.5 Å². The first-order valence-corrected chi connectivity index (χ1v) is 9.39. The lowest BCUT2D eigenvalue weighted by Gasteiger charge is -2.18. The van der Waals surface area contributed by atoms with E-state index in [9.17, 15) is 4.79 Å². The zero-order valence-electron chi connectivity index (χ0n) is 17.3. The van der Waals surface area contributed by atoms with Crippen molar-refractivity contribution in [1.29, 1.82) is 10.5 Å². The van der Waals surface area contributed by atoms with Crippen LogP contribution in [0.5, 0.6) is 17.2 Å². The maximum absolute atomic E-state index is 11.6. The summed E-state index contributed by atoms with van der Waals surface area (Å²) in [5, 5.41) is 21.3. The molecule has 154 valence electrons. The third-order valence-electron chi connectivity index (χ3n) is 4.46. The molecule has 0 unspecified atom stereocenters. The van der Waals surface area contributed by atoms with Crippen LogP contribution in [0.4, 0.5) is 17.1 Å². The molecule has 31 heavy (non-hydrogen) atoms. The summed E-state index contributed by atoms with van der Waals surface area (Å²) in [6.45, 7) is 4.96. The topological polar surface area (TPSA) is 121 Å². The molecule has 7 heteroatoms. The summed E-state index contributed by atoms with van der Waals surface area (Å²) in [5.74, 6) is 0.516.